The van der Waals surface area contributed by atoms with E-state index in [1.54, 1.807) is 12.1 Å². The van der Waals surface area contributed by atoms with Crippen molar-refractivity contribution in [3.63, 3.8) is 0 Å². The quantitative estimate of drug-likeness (QED) is 0.314. The van der Waals surface area contributed by atoms with E-state index >= 15 is 0 Å². The Balaban J connectivity index is 1.59. The maximum absolute atomic E-state index is 12.5. The molecule has 0 aliphatic carbocycles. The Labute approximate surface area is 195 Å². The van der Waals surface area contributed by atoms with Crippen LogP contribution in [0.1, 0.15) is 5.56 Å². The lowest BCUT2D eigenvalue weighted by Crippen LogP contribution is -2.14. The van der Waals surface area contributed by atoms with Crippen LogP contribution in [0.2, 0.25) is 10.0 Å². The van der Waals surface area contributed by atoms with Crippen molar-refractivity contribution in [2.45, 2.75) is 12.1 Å². The van der Waals surface area contributed by atoms with E-state index < -0.39 is 0 Å². The van der Waals surface area contributed by atoms with Crippen molar-refractivity contribution in [2.75, 3.05) is 11.1 Å². The maximum Gasteiger partial charge on any atom is 0.234 e. The molecule has 0 bridgehead atoms. The number of aromatic nitrogens is 2. The number of thioether (sulfide) groups is 1. The lowest BCUT2D eigenvalue weighted by Gasteiger charge is -2.09. The smallest absolute Gasteiger partial charge is 0.234 e. The van der Waals surface area contributed by atoms with Crippen LogP contribution in [0, 0.1) is 6.92 Å². The summed E-state index contributed by atoms with van der Waals surface area (Å²) in [6, 6.07) is 22.9. The molecule has 4 nitrogen and oxygen atoms in total. The molecule has 0 fully saturated rings. The second-order valence-electron chi connectivity index (χ2n) is 6.94. The van der Waals surface area contributed by atoms with E-state index in [0.29, 0.717) is 15.7 Å². The fraction of sp³-hybridized carbons (Fsp3) is 0.0833. The van der Waals surface area contributed by atoms with Crippen LogP contribution in [-0.2, 0) is 4.79 Å². The van der Waals surface area contributed by atoms with Crippen LogP contribution < -0.4 is 5.32 Å². The van der Waals surface area contributed by atoms with E-state index in [-0.39, 0.29) is 11.7 Å². The van der Waals surface area contributed by atoms with Gasteiger partial charge in [0, 0.05) is 22.5 Å². The molecule has 1 aromatic heterocycles. The molecule has 7 heteroatoms. The zero-order valence-corrected chi connectivity index (χ0v) is 19.0. The summed E-state index contributed by atoms with van der Waals surface area (Å²) in [4.78, 5) is 17.3. The fourth-order valence-electron chi connectivity index (χ4n) is 2.99. The standard InChI is InChI=1S/C24H19Cl2N3OS/c1-16-6-12-19(13-7-16)29-14-22(17-8-10-18(25)11-9-17)28-24(29)31-15-23(30)27-21-5-3-2-4-20(21)26/h2-14H,15H2,1H3,(H,27,30). The number of imidazole rings is 1. The number of rotatable bonds is 6. The topological polar surface area (TPSA) is 46.9 Å². The van der Waals surface area contributed by atoms with E-state index in [2.05, 4.69) is 17.4 Å². The molecule has 0 spiro atoms. The monoisotopic (exact) mass is 467 g/mol. The molecule has 4 aromatic rings. The number of anilines is 1. The van der Waals surface area contributed by atoms with Gasteiger partial charge in [-0.1, -0.05) is 76.9 Å². The molecule has 0 saturated heterocycles. The molecule has 0 radical (unpaired) electrons. The summed E-state index contributed by atoms with van der Waals surface area (Å²) >= 11 is 13.5. The third-order valence-electron chi connectivity index (χ3n) is 4.61. The Morgan fingerprint density at radius 1 is 1.00 bits per heavy atom. The maximum atomic E-state index is 12.5. The predicted molar refractivity (Wildman–Crippen MR) is 130 cm³/mol. The summed E-state index contributed by atoms with van der Waals surface area (Å²) in [5.74, 6) is 0.0540. The van der Waals surface area contributed by atoms with Gasteiger partial charge < -0.3 is 5.32 Å². The van der Waals surface area contributed by atoms with Crippen molar-refractivity contribution in [2.24, 2.45) is 0 Å². The van der Waals surface area contributed by atoms with Gasteiger partial charge in [-0.2, -0.15) is 0 Å². The molecule has 0 unspecified atom stereocenters. The molecule has 156 valence electrons. The first-order chi connectivity index (χ1) is 15.0. The molecule has 3 aromatic carbocycles. The number of para-hydroxylation sites is 1. The van der Waals surface area contributed by atoms with Gasteiger partial charge in [-0.05, 0) is 43.3 Å². The van der Waals surface area contributed by atoms with E-state index in [9.17, 15) is 4.79 Å². The minimum absolute atomic E-state index is 0.149. The van der Waals surface area contributed by atoms with E-state index in [4.69, 9.17) is 28.2 Å². The van der Waals surface area contributed by atoms with Crippen molar-refractivity contribution in [3.05, 3.63) is 94.6 Å². The number of halogens is 2. The lowest BCUT2D eigenvalue weighted by atomic mass is 10.2. The van der Waals surface area contributed by atoms with Crippen LogP contribution in [0.5, 0.6) is 0 Å². The molecular weight excluding hydrogens is 449 g/mol. The van der Waals surface area contributed by atoms with Crippen LogP contribution in [0.25, 0.3) is 16.9 Å². The number of amides is 1. The number of hydrogen-bond donors (Lipinski definition) is 1. The van der Waals surface area contributed by atoms with Crippen molar-refractivity contribution in [1.29, 1.82) is 0 Å². The summed E-state index contributed by atoms with van der Waals surface area (Å²) < 4.78 is 2.00. The Morgan fingerprint density at radius 2 is 1.71 bits per heavy atom. The van der Waals surface area contributed by atoms with Gasteiger partial charge in [0.15, 0.2) is 5.16 Å². The van der Waals surface area contributed by atoms with Crippen LogP contribution >= 0.6 is 35.0 Å². The van der Waals surface area contributed by atoms with Gasteiger partial charge in [-0.25, -0.2) is 4.98 Å². The highest BCUT2D eigenvalue weighted by molar-refractivity contribution is 7.99. The molecule has 0 saturated carbocycles. The van der Waals surface area contributed by atoms with Crippen molar-refractivity contribution >= 4 is 46.6 Å². The van der Waals surface area contributed by atoms with E-state index in [1.807, 2.05) is 66.2 Å². The van der Waals surface area contributed by atoms with Gasteiger partial charge in [0.05, 0.1) is 22.2 Å². The first-order valence-corrected chi connectivity index (χ1v) is 11.3. The molecule has 1 N–H and O–H groups in total. The van der Waals surface area contributed by atoms with Gasteiger partial charge in [0.25, 0.3) is 0 Å². The summed E-state index contributed by atoms with van der Waals surface area (Å²) in [7, 11) is 0. The Morgan fingerprint density at radius 3 is 2.42 bits per heavy atom. The minimum atomic E-state index is -0.149. The van der Waals surface area contributed by atoms with Crippen molar-refractivity contribution < 1.29 is 4.79 Å². The SMILES string of the molecule is Cc1ccc(-n2cc(-c3ccc(Cl)cc3)nc2SCC(=O)Nc2ccccc2Cl)cc1. The number of carbonyl (C=O) groups excluding carboxylic acids is 1. The highest BCUT2D eigenvalue weighted by Gasteiger charge is 2.14. The van der Waals surface area contributed by atoms with Gasteiger partial charge in [-0.15, -0.1) is 0 Å². The highest BCUT2D eigenvalue weighted by Crippen LogP contribution is 2.29. The molecule has 0 aliphatic heterocycles. The number of benzene rings is 3. The average Bonchev–Trinajstić information content (AvgIpc) is 3.19. The normalized spacial score (nSPS) is 10.8. The third kappa shape index (κ3) is 5.31. The van der Waals surface area contributed by atoms with Crippen LogP contribution in [-0.4, -0.2) is 21.2 Å². The van der Waals surface area contributed by atoms with Gasteiger partial charge in [-0.3, -0.25) is 9.36 Å². The van der Waals surface area contributed by atoms with E-state index in [0.717, 1.165) is 22.1 Å². The average molecular weight is 468 g/mol. The van der Waals surface area contributed by atoms with E-state index in [1.165, 1.54) is 17.3 Å². The molecule has 0 atom stereocenters. The molecule has 1 heterocycles. The summed E-state index contributed by atoms with van der Waals surface area (Å²) in [6.45, 7) is 2.05. The highest BCUT2D eigenvalue weighted by atomic mass is 35.5. The zero-order valence-electron chi connectivity index (χ0n) is 16.7. The van der Waals surface area contributed by atoms with Crippen LogP contribution in [0.15, 0.2) is 84.1 Å². The molecular formula is C24H19Cl2N3OS. The summed E-state index contributed by atoms with van der Waals surface area (Å²) in [6.07, 6.45) is 1.97. The van der Waals surface area contributed by atoms with Crippen LogP contribution in [0.4, 0.5) is 5.69 Å². The molecule has 4 rings (SSSR count). The number of nitrogens with zero attached hydrogens (tertiary/aromatic N) is 2. The van der Waals surface area contributed by atoms with Crippen molar-refractivity contribution in [3.8, 4) is 16.9 Å². The Hall–Kier alpha value is -2.73. The molecule has 1 amide bonds. The second-order valence-corrected chi connectivity index (χ2v) is 8.72. The largest absolute Gasteiger partial charge is 0.324 e. The third-order valence-corrected chi connectivity index (χ3v) is 6.14. The Bertz CT molecular complexity index is 1200. The first kappa shape index (κ1) is 21.5. The summed E-state index contributed by atoms with van der Waals surface area (Å²) in [5.41, 5.74) is 4.52. The van der Waals surface area contributed by atoms with Gasteiger partial charge in [0.1, 0.15) is 0 Å². The summed E-state index contributed by atoms with van der Waals surface area (Å²) in [5, 5.41) is 4.75. The number of carbonyl (C=O) groups is 1. The van der Waals surface area contributed by atoms with Crippen LogP contribution in [0.3, 0.4) is 0 Å². The number of hydrogen-bond acceptors (Lipinski definition) is 3. The molecule has 0 aliphatic rings. The Kier molecular flexibility index (Phi) is 6.66. The first-order valence-electron chi connectivity index (χ1n) is 9.59. The number of aryl methyl sites for hydroxylation is 1. The lowest BCUT2D eigenvalue weighted by molar-refractivity contribution is -0.113. The second kappa shape index (κ2) is 9.60. The van der Waals surface area contributed by atoms with Gasteiger partial charge >= 0.3 is 0 Å². The zero-order chi connectivity index (χ0) is 21.8. The fourth-order valence-corrected chi connectivity index (χ4v) is 4.10. The number of nitrogens with one attached hydrogen (secondary N) is 1. The molecule has 31 heavy (non-hydrogen) atoms. The van der Waals surface area contributed by atoms with Crippen molar-refractivity contribution in [1.82, 2.24) is 9.55 Å². The predicted octanol–water partition coefficient (Wildman–Crippen LogP) is 6.89. The van der Waals surface area contributed by atoms with Gasteiger partial charge in [0.2, 0.25) is 5.91 Å². The minimum Gasteiger partial charge on any atom is -0.324 e.